The van der Waals surface area contributed by atoms with E-state index < -0.39 is 48.3 Å². The molecule has 0 aromatic rings. The zero-order chi connectivity index (χ0) is 36.8. The van der Waals surface area contributed by atoms with Crippen molar-refractivity contribution in [1.82, 2.24) is 21.3 Å². The Morgan fingerprint density at radius 1 is 0.565 bits per heavy atom. The van der Waals surface area contributed by atoms with Crippen molar-refractivity contribution < 1.29 is 78.8 Å². The molecule has 0 atom stereocenters. The Morgan fingerprint density at radius 2 is 0.870 bits per heavy atom. The van der Waals surface area contributed by atoms with E-state index in [1.54, 1.807) is 0 Å². The van der Waals surface area contributed by atoms with Crippen LogP contribution >= 0.6 is 0 Å². The lowest BCUT2D eigenvalue weighted by atomic mass is 10.2. The lowest BCUT2D eigenvalue weighted by Crippen LogP contribution is -2.40. The molecule has 15 nitrogen and oxygen atoms in total. The highest BCUT2D eigenvalue weighted by Gasteiger charge is 2.39. The smallest absolute Gasteiger partial charge is 0.475 e. The Morgan fingerprint density at radius 3 is 1.20 bits per heavy atom. The highest BCUT2D eigenvalue weighted by atomic mass is 19.4. The third kappa shape index (κ3) is 39.9. The molecule has 0 bridgehead atoms. The van der Waals surface area contributed by atoms with Gasteiger partial charge < -0.3 is 48.2 Å². The Balaban J connectivity index is -0.000000337. The predicted octanol–water partition coefficient (Wildman–Crippen LogP) is 0.889. The highest BCUT2D eigenvalue weighted by Crippen LogP contribution is 2.14. The fourth-order valence-corrected chi connectivity index (χ4v) is 2.11. The van der Waals surface area contributed by atoms with E-state index in [-0.39, 0.29) is 0 Å². The van der Waals surface area contributed by atoms with Gasteiger partial charge in [-0.2, -0.15) is 44.6 Å². The summed E-state index contributed by atoms with van der Waals surface area (Å²) in [4.78, 5) is 49.9. The molecule has 0 aromatic carbocycles. The van der Waals surface area contributed by atoms with E-state index in [1.807, 2.05) is 0 Å². The summed E-state index contributed by atoms with van der Waals surface area (Å²) in [6.07, 6.45) is -7.09. The molecular formula is C22H38F9N7O8. The number of carboxylic acids is 3. The van der Waals surface area contributed by atoms with Crippen molar-refractivity contribution in [1.29, 1.82) is 0 Å². The van der Waals surface area contributed by atoms with Gasteiger partial charge in [-0.25, -0.2) is 14.4 Å². The first kappa shape index (κ1) is 48.8. The average Bonchev–Trinajstić information content (AvgIpc) is 2.92. The van der Waals surface area contributed by atoms with Crippen LogP contribution in [-0.2, 0) is 24.0 Å². The standard InChI is InChI=1S/C16H35N7O2.3C2HF3O2/c17-8-7-11-19-9-5-6-13-22-16(25)15(24)21-12-4-2-1-3-10-20-14-23-18;3*3-2(4,5)1(6)7/h14,19H,1-13,17-18H2,(H,20,23)(H,21,24)(H,22,25);3*(H,6,7). The lowest BCUT2D eigenvalue weighted by molar-refractivity contribution is -0.193. The highest BCUT2D eigenvalue weighted by molar-refractivity contribution is 6.35. The minimum Gasteiger partial charge on any atom is -0.475 e. The number of nitrogens with one attached hydrogen (secondary N) is 4. The topological polar surface area (TPSA) is 259 Å². The van der Waals surface area contributed by atoms with Gasteiger partial charge in [0.25, 0.3) is 0 Å². The van der Waals surface area contributed by atoms with E-state index in [1.165, 1.54) is 6.34 Å². The van der Waals surface area contributed by atoms with Crippen LogP contribution < -0.4 is 32.8 Å². The summed E-state index contributed by atoms with van der Waals surface area (Å²) >= 11 is 0. The zero-order valence-electron chi connectivity index (χ0n) is 24.2. The predicted molar refractivity (Wildman–Crippen MR) is 142 cm³/mol. The number of hydrogen-bond donors (Lipinski definition) is 9. The summed E-state index contributed by atoms with van der Waals surface area (Å²) < 4.78 is 95.2. The van der Waals surface area contributed by atoms with E-state index in [2.05, 4.69) is 26.4 Å². The van der Waals surface area contributed by atoms with Gasteiger partial charge in [0.1, 0.15) is 6.34 Å². The van der Waals surface area contributed by atoms with Crippen LogP contribution in [0.25, 0.3) is 0 Å². The Labute approximate surface area is 256 Å². The van der Waals surface area contributed by atoms with Gasteiger partial charge in [0.15, 0.2) is 0 Å². The number of carbonyl (C=O) groups is 5. The van der Waals surface area contributed by atoms with Crippen molar-refractivity contribution >= 4 is 36.1 Å². The van der Waals surface area contributed by atoms with Gasteiger partial charge in [-0.1, -0.05) is 12.8 Å². The minimum absolute atomic E-state index is 0.518. The molecule has 0 heterocycles. The van der Waals surface area contributed by atoms with Crippen molar-refractivity contribution in [2.24, 2.45) is 16.7 Å². The van der Waals surface area contributed by atoms with Gasteiger partial charge in [0.2, 0.25) is 0 Å². The molecular weight excluding hydrogens is 661 g/mol. The van der Waals surface area contributed by atoms with Crippen LogP contribution in [0.1, 0.15) is 44.9 Å². The molecule has 0 fully saturated rings. The number of carboxylic acid groups (broad SMARTS) is 3. The number of hydrogen-bond acceptors (Lipinski definition) is 9. The first-order valence-electron chi connectivity index (χ1n) is 12.9. The third-order valence-corrected chi connectivity index (χ3v) is 4.26. The average molecular weight is 700 g/mol. The van der Waals surface area contributed by atoms with E-state index in [9.17, 15) is 49.1 Å². The third-order valence-electron chi connectivity index (χ3n) is 4.26. The monoisotopic (exact) mass is 699 g/mol. The number of carbonyl (C=O) groups excluding carboxylic acids is 2. The quantitative estimate of drug-likeness (QED) is 0.0207. The summed E-state index contributed by atoms with van der Waals surface area (Å²) in [5, 5.41) is 36.2. The molecule has 11 N–H and O–H groups in total. The van der Waals surface area contributed by atoms with E-state index >= 15 is 0 Å². The summed E-state index contributed by atoms with van der Waals surface area (Å²) in [5.41, 5.74) is 5.40. The molecule has 46 heavy (non-hydrogen) atoms. The molecule has 0 radical (unpaired) electrons. The van der Waals surface area contributed by atoms with Crippen LogP contribution in [0.3, 0.4) is 0 Å². The van der Waals surface area contributed by atoms with E-state index in [0.29, 0.717) is 19.6 Å². The molecule has 0 aliphatic carbocycles. The van der Waals surface area contributed by atoms with Crippen molar-refractivity contribution in [3.05, 3.63) is 0 Å². The first-order valence-corrected chi connectivity index (χ1v) is 12.9. The Kier molecular flexibility index (Phi) is 30.1. The van der Waals surface area contributed by atoms with Gasteiger partial charge in [-0.3, -0.25) is 9.59 Å². The summed E-state index contributed by atoms with van der Waals surface area (Å²) in [6.45, 7) is 4.39. The molecule has 0 spiro atoms. The fourth-order valence-electron chi connectivity index (χ4n) is 2.11. The van der Waals surface area contributed by atoms with E-state index in [0.717, 1.165) is 64.6 Å². The first-order chi connectivity index (χ1) is 21.0. The molecule has 0 saturated carbocycles. The second-order valence-electron chi connectivity index (χ2n) is 8.17. The maximum absolute atomic E-state index is 11.6. The molecule has 0 saturated heterocycles. The molecule has 0 aliphatic heterocycles. The van der Waals surface area contributed by atoms with Crippen LogP contribution in [0.4, 0.5) is 39.5 Å². The molecule has 0 rings (SSSR count). The Hall–Kier alpha value is -4.09. The molecule has 0 aromatic heterocycles. The number of halogens is 9. The maximum atomic E-state index is 11.6. The second-order valence-corrected chi connectivity index (χ2v) is 8.17. The van der Waals surface area contributed by atoms with Crippen molar-refractivity contribution in [2.75, 3.05) is 39.3 Å². The SMILES string of the molecule is NCCCNCCCCNC(=O)C(=O)NCCCCCCNC=NN.O=C(O)C(F)(F)F.O=C(O)C(F)(F)F.O=C(O)C(F)(F)F. The normalized spacial score (nSPS) is 11.0. The summed E-state index contributed by atoms with van der Waals surface area (Å²) in [6, 6.07) is 0. The molecule has 24 heteroatoms. The minimum atomic E-state index is -5.08. The van der Waals surface area contributed by atoms with Crippen molar-refractivity contribution in [3.63, 3.8) is 0 Å². The summed E-state index contributed by atoms with van der Waals surface area (Å²) in [7, 11) is 0. The van der Waals surface area contributed by atoms with Crippen LogP contribution in [0, 0.1) is 0 Å². The second kappa shape index (κ2) is 28.4. The van der Waals surface area contributed by atoms with Crippen LogP contribution in [0.15, 0.2) is 5.10 Å². The number of nitrogens with zero attached hydrogens (tertiary/aromatic N) is 1. The van der Waals surface area contributed by atoms with Gasteiger partial charge in [0, 0.05) is 19.6 Å². The zero-order valence-corrected chi connectivity index (χ0v) is 24.2. The van der Waals surface area contributed by atoms with Crippen LogP contribution in [0.2, 0.25) is 0 Å². The number of nitrogens with two attached hydrogens (primary N) is 2. The fraction of sp³-hybridized carbons (Fsp3) is 0.727. The number of unbranched alkanes of at least 4 members (excludes halogenated alkanes) is 4. The number of amides is 2. The summed E-state index contributed by atoms with van der Waals surface area (Å²) in [5.74, 6) is -4.42. The molecule has 0 aliphatic rings. The van der Waals surface area contributed by atoms with Gasteiger partial charge in [-0.05, 0) is 51.7 Å². The lowest BCUT2D eigenvalue weighted by Gasteiger charge is -2.07. The van der Waals surface area contributed by atoms with Crippen LogP contribution in [0.5, 0.6) is 0 Å². The molecule has 272 valence electrons. The van der Waals surface area contributed by atoms with Gasteiger partial charge in [-0.15, -0.1) is 0 Å². The van der Waals surface area contributed by atoms with Crippen LogP contribution in [-0.4, -0.2) is 109 Å². The number of hydrazone groups is 1. The van der Waals surface area contributed by atoms with Crippen molar-refractivity contribution in [2.45, 2.75) is 63.5 Å². The van der Waals surface area contributed by atoms with Crippen molar-refractivity contribution in [3.8, 4) is 0 Å². The largest absolute Gasteiger partial charge is 0.490 e. The number of alkyl halides is 9. The number of rotatable bonds is 16. The van der Waals surface area contributed by atoms with Gasteiger partial charge in [0.05, 0.1) is 0 Å². The number of aliphatic carboxylic acids is 3. The molecule has 0 unspecified atom stereocenters. The van der Waals surface area contributed by atoms with Gasteiger partial charge >= 0.3 is 48.3 Å². The molecule has 2 amide bonds. The maximum Gasteiger partial charge on any atom is 0.490 e. The van der Waals surface area contributed by atoms with E-state index in [4.69, 9.17) is 41.3 Å². The Bertz CT molecular complexity index is 832.